The Balaban J connectivity index is 1.95. The molecule has 1 aromatic carbocycles. The van der Waals surface area contributed by atoms with Gasteiger partial charge in [-0.1, -0.05) is 43.0 Å². The zero-order chi connectivity index (χ0) is 12.1. The highest BCUT2D eigenvalue weighted by molar-refractivity contribution is 6.30. The Kier molecular flexibility index (Phi) is 4.43. The maximum absolute atomic E-state index is 6.08. The van der Waals surface area contributed by atoms with E-state index in [0.29, 0.717) is 13.2 Å². The summed E-state index contributed by atoms with van der Waals surface area (Å²) in [5.41, 5.74) is 6.91. The molecule has 1 aromatic rings. The van der Waals surface area contributed by atoms with Crippen molar-refractivity contribution in [2.75, 3.05) is 6.54 Å². The normalized spacial score (nSPS) is 19.2. The van der Waals surface area contributed by atoms with E-state index in [1.54, 1.807) is 0 Å². The number of nitrogens with two attached hydrogens (primary N) is 1. The van der Waals surface area contributed by atoms with Crippen LogP contribution in [0.4, 0.5) is 0 Å². The molecule has 0 radical (unpaired) electrons. The van der Waals surface area contributed by atoms with Gasteiger partial charge in [0, 0.05) is 11.6 Å². The van der Waals surface area contributed by atoms with Crippen LogP contribution in [-0.4, -0.2) is 12.1 Å². The first-order valence-electron chi connectivity index (χ1n) is 6.33. The monoisotopic (exact) mass is 253 g/mol. The van der Waals surface area contributed by atoms with E-state index >= 15 is 0 Å². The van der Waals surface area contributed by atoms with Gasteiger partial charge in [-0.05, 0) is 30.5 Å². The van der Waals surface area contributed by atoms with Gasteiger partial charge in [-0.3, -0.25) is 0 Å². The molecule has 1 aliphatic carbocycles. The smallest absolute Gasteiger partial charge is 0.0808 e. The molecule has 94 valence electrons. The van der Waals surface area contributed by atoms with Crippen molar-refractivity contribution in [3.8, 4) is 0 Å². The maximum atomic E-state index is 6.08. The molecule has 0 atom stereocenters. The Hall–Kier alpha value is -0.570. The zero-order valence-corrected chi connectivity index (χ0v) is 10.9. The van der Waals surface area contributed by atoms with Gasteiger partial charge in [-0.2, -0.15) is 0 Å². The van der Waals surface area contributed by atoms with Crippen molar-refractivity contribution < 1.29 is 4.74 Å². The van der Waals surface area contributed by atoms with E-state index in [2.05, 4.69) is 0 Å². The standard InChI is InChI=1S/C14H20ClNO/c15-13-6-4-5-12(9-13)10-17-14(11-16)7-2-1-3-8-14/h4-6,9H,1-3,7-8,10-11,16H2. The molecule has 0 aromatic heterocycles. The van der Waals surface area contributed by atoms with E-state index in [0.717, 1.165) is 23.4 Å². The van der Waals surface area contributed by atoms with Crippen molar-refractivity contribution in [2.24, 2.45) is 5.73 Å². The largest absolute Gasteiger partial charge is 0.369 e. The summed E-state index contributed by atoms with van der Waals surface area (Å²) in [4.78, 5) is 0. The Morgan fingerprint density at radius 2 is 2.00 bits per heavy atom. The molecule has 0 aliphatic heterocycles. The predicted molar refractivity (Wildman–Crippen MR) is 71.1 cm³/mol. The molecule has 1 saturated carbocycles. The fourth-order valence-corrected chi connectivity index (χ4v) is 2.68. The van der Waals surface area contributed by atoms with Crippen molar-refractivity contribution >= 4 is 11.6 Å². The molecule has 0 bridgehead atoms. The van der Waals surface area contributed by atoms with Crippen molar-refractivity contribution in [1.82, 2.24) is 0 Å². The minimum atomic E-state index is -0.0967. The van der Waals surface area contributed by atoms with E-state index < -0.39 is 0 Å². The molecule has 2 nitrogen and oxygen atoms in total. The van der Waals surface area contributed by atoms with Crippen LogP contribution in [0.2, 0.25) is 5.02 Å². The minimum absolute atomic E-state index is 0.0967. The summed E-state index contributed by atoms with van der Waals surface area (Å²) in [6.07, 6.45) is 5.94. The third-order valence-corrected chi connectivity index (χ3v) is 3.81. The summed E-state index contributed by atoms with van der Waals surface area (Å²) < 4.78 is 6.08. The van der Waals surface area contributed by atoms with E-state index in [1.165, 1.54) is 19.3 Å². The minimum Gasteiger partial charge on any atom is -0.369 e. The van der Waals surface area contributed by atoms with Crippen molar-refractivity contribution in [1.29, 1.82) is 0 Å². The van der Waals surface area contributed by atoms with E-state index in [9.17, 15) is 0 Å². The Bertz CT molecular complexity index is 361. The average Bonchev–Trinajstić information content (AvgIpc) is 2.38. The van der Waals surface area contributed by atoms with Gasteiger partial charge in [0.25, 0.3) is 0 Å². The van der Waals surface area contributed by atoms with Gasteiger partial charge in [-0.15, -0.1) is 0 Å². The van der Waals surface area contributed by atoms with Gasteiger partial charge in [0.15, 0.2) is 0 Å². The molecule has 17 heavy (non-hydrogen) atoms. The topological polar surface area (TPSA) is 35.2 Å². The number of benzene rings is 1. The second-order valence-corrected chi connectivity index (χ2v) is 5.30. The fourth-order valence-electron chi connectivity index (χ4n) is 2.47. The number of halogens is 1. The lowest BCUT2D eigenvalue weighted by atomic mass is 9.84. The summed E-state index contributed by atoms with van der Waals surface area (Å²) in [5, 5.41) is 0.761. The molecule has 0 amide bonds. The third kappa shape index (κ3) is 3.44. The molecule has 2 rings (SSSR count). The molecule has 0 spiro atoms. The van der Waals surface area contributed by atoms with Crippen LogP contribution in [0.25, 0.3) is 0 Å². The summed E-state index contributed by atoms with van der Waals surface area (Å²) in [6.45, 7) is 1.23. The van der Waals surface area contributed by atoms with Gasteiger partial charge >= 0.3 is 0 Å². The summed E-state index contributed by atoms with van der Waals surface area (Å²) in [7, 11) is 0. The molecular formula is C14H20ClNO. The van der Waals surface area contributed by atoms with Crippen LogP contribution in [0, 0.1) is 0 Å². The van der Waals surface area contributed by atoms with Crippen LogP contribution in [-0.2, 0) is 11.3 Å². The van der Waals surface area contributed by atoms with Crippen LogP contribution in [0.5, 0.6) is 0 Å². The van der Waals surface area contributed by atoms with E-state index in [1.807, 2.05) is 24.3 Å². The predicted octanol–water partition coefficient (Wildman–Crippen LogP) is 3.52. The number of hydrogen-bond acceptors (Lipinski definition) is 2. The highest BCUT2D eigenvalue weighted by atomic mass is 35.5. The van der Waals surface area contributed by atoms with E-state index in [-0.39, 0.29) is 5.60 Å². The van der Waals surface area contributed by atoms with Crippen molar-refractivity contribution in [2.45, 2.75) is 44.3 Å². The first kappa shape index (κ1) is 12.9. The number of rotatable bonds is 4. The Labute approximate surface area is 108 Å². The van der Waals surface area contributed by atoms with Gasteiger partial charge in [-0.25, -0.2) is 0 Å². The molecule has 3 heteroatoms. The van der Waals surface area contributed by atoms with Gasteiger partial charge < -0.3 is 10.5 Å². The number of hydrogen-bond donors (Lipinski definition) is 1. The average molecular weight is 254 g/mol. The van der Waals surface area contributed by atoms with Crippen LogP contribution < -0.4 is 5.73 Å². The lowest BCUT2D eigenvalue weighted by Crippen LogP contribution is -2.42. The lowest BCUT2D eigenvalue weighted by molar-refractivity contribution is -0.0733. The Morgan fingerprint density at radius 1 is 1.24 bits per heavy atom. The van der Waals surface area contributed by atoms with Crippen LogP contribution >= 0.6 is 11.6 Å². The van der Waals surface area contributed by atoms with Gasteiger partial charge in [0.05, 0.1) is 12.2 Å². The van der Waals surface area contributed by atoms with Crippen molar-refractivity contribution in [3.63, 3.8) is 0 Å². The Morgan fingerprint density at radius 3 is 2.65 bits per heavy atom. The molecule has 1 aliphatic rings. The first-order valence-corrected chi connectivity index (χ1v) is 6.70. The highest BCUT2D eigenvalue weighted by Crippen LogP contribution is 2.31. The summed E-state index contributed by atoms with van der Waals surface area (Å²) in [6, 6.07) is 7.83. The van der Waals surface area contributed by atoms with Crippen LogP contribution in [0.1, 0.15) is 37.7 Å². The van der Waals surface area contributed by atoms with Gasteiger partial charge in [0.2, 0.25) is 0 Å². The zero-order valence-electron chi connectivity index (χ0n) is 10.1. The second-order valence-electron chi connectivity index (χ2n) is 4.87. The maximum Gasteiger partial charge on any atom is 0.0808 e. The molecular weight excluding hydrogens is 234 g/mol. The molecule has 0 unspecified atom stereocenters. The van der Waals surface area contributed by atoms with Crippen molar-refractivity contribution in [3.05, 3.63) is 34.9 Å². The molecule has 2 N–H and O–H groups in total. The third-order valence-electron chi connectivity index (χ3n) is 3.57. The van der Waals surface area contributed by atoms with E-state index in [4.69, 9.17) is 22.1 Å². The highest BCUT2D eigenvalue weighted by Gasteiger charge is 2.31. The second kappa shape index (κ2) is 5.85. The molecule has 0 saturated heterocycles. The van der Waals surface area contributed by atoms with Gasteiger partial charge in [0.1, 0.15) is 0 Å². The molecule has 0 heterocycles. The molecule has 1 fully saturated rings. The SMILES string of the molecule is NCC1(OCc2cccc(Cl)c2)CCCCC1. The first-order chi connectivity index (χ1) is 8.24. The van der Waals surface area contributed by atoms with Crippen LogP contribution in [0.3, 0.4) is 0 Å². The summed E-state index contributed by atoms with van der Waals surface area (Å²) in [5.74, 6) is 0. The fraction of sp³-hybridized carbons (Fsp3) is 0.571. The lowest BCUT2D eigenvalue weighted by Gasteiger charge is -2.36. The summed E-state index contributed by atoms with van der Waals surface area (Å²) >= 11 is 5.95. The van der Waals surface area contributed by atoms with Crippen LogP contribution in [0.15, 0.2) is 24.3 Å². The number of ether oxygens (including phenoxy) is 1. The quantitative estimate of drug-likeness (QED) is 0.891.